The Balaban J connectivity index is 2.24. The van der Waals surface area contributed by atoms with Gasteiger partial charge in [-0.2, -0.15) is 0 Å². The van der Waals surface area contributed by atoms with Gasteiger partial charge in [0.2, 0.25) is 0 Å². The molecule has 3 nitrogen and oxygen atoms in total. The number of hydrogen-bond acceptors (Lipinski definition) is 4. The summed E-state index contributed by atoms with van der Waals surface area (Å²) in [4.78, 5) is 8.32. The van der Waals surface area contributed by atoms with Crippen LogP contribution in [0.4, 0.5) is 5.13 Å². The molecule has 0 fully saturated rings. The molecule has 0 aliphatic carbocycles. The summed E-state index contributed by atoms with van der Waals surface area (Å²) in [5, 5.41) is 5.05. The van der Waals surface area contributed by atoms with Crippen molar-refractivity contribution in [1.29, 1.82) is 0 Å². The topological polar surface area (TPSA) is 28.2 Å². The first kappa shape index (κ1) is 16.3. The molecular weight excluding hydrogens is 302 g/mol. The predicted molar refractivity (Wildman–Crippen MR) is 92.5 cm³/mol. The molecular formula is C16H22ClN3S. The Bertz CT molecular complexity index is 597. The van der Waals surface area contributed by atoms with Crippen LogP contribution in [0.1, 0.15) is 36.0 Å². The van der Waals surface area contributed by atoms with E-state index < -0.39 is 0 Å². The summed E-state index contributed by atoms with van der Waals surface area (Å²) in [5.74, 6) is 0. The minimum absolute atomic E-state index is 0.238. The number of aromatic nitrogens is 1. The molecule has 0 spiro atoms. The van der Waals surface area contributed by atoms with E-state index in [1.54, 1.807) is 11.3 Å². The maximum Gasteiger partial charge on any atom is 0.186 e. The van der Waals surface area contributed by atoms with Crippen LogP contribution in [0.25, 0.3) is 0 Å². The van der Waals surface area contributed by atoms with Crippen molar-refractivity contribution in [3.63, 3.8) is 0 Å². The summed E-state index contributed by atoms with van der Waals surface area (Å²) in [6.45, 7) is 5.20. The van der Waals surface area contributed by atoms with Gasteiger partial charge in [0.25, 0.3) is 0 Å². The van der Waals surface area contributed by atoms with Gasteiger partial charge in [0.1, 0.15) is 0 Å². The van der Waals surface area contributed by atoms with Gasteiger partial charge >= 0.3 is 0 Å². The number of anilines is 1. The number of thiazole rings is 1. The fourth-order valence-electron chi connectivity index (χ4n) is 2.25. The van der Waals surface area contributed by atoms with Gasteiger partial charge in [0.15, 0.2) is 5.13 Å². The maximum absolute atomic E-state index is 6.09. The fourth-order valence-corrected chi connectivity index (χ4v) is 3.65. The van der Waals surface area contributed by atoms with E-state index in [1.807, 2.05) is 25.2 Å². The smallest absolute Gasteiger partial charge is 0.186 e. The minimum atomic E-state index is 0.238. The first-order valence-electron chi connectivity index (χ1n) is 7.18. The molecule has 0 saturated carbocycles. The molecule has 1 aromatic heterocycles. The molecule has 2 aromatic rings. The van der Waals surface area contributed by atoms with Crippen LogP contribution in [0.2, 0.25) is 5.02 Å². The zero-order chi connectivity index (χ0) is 15.4. The van der Waals surface area contributed by atoms with E-state index in [-0.39, 0.29) is 6.04 Å². The lowest BCUT2D eigenvalue weighted by atomic mass is 10.1. The van der Waals surface area contributed by atoms with Crippen molar-refractivity contribution in [3.8, 4) is 0 Å². The third-order valence-electron chi connectivity index (χ3n) is 3.65. The van der Waals surface area contributed by atoms with Crippen molar-refractivity contribution in [2.24, 2.45) is 0 Å². The molecule has 1 unspecified atom stereocenters. The van der Waals surface area contributed by atoms with Crippen LogP contribution in [0, 0.1) is 0 Å². The summed E-state index contributed by atoms with van der Waals surface area (Å²) in [6, 6.07) is 8.26. The van der Waals surface area contributed by atoms with Gasteiger partial charge in [0, 0.05) is 23.5 Å². The molecule has 1 aromatic carbocycles. The summed E-state index contributed by atoms with van der Waals surface area (Å²) in [6.07, 6.45) is 0.965. The number of aryl methyl sites for hydroxylation is 1. The molecule has 0 saturated heterocycles. The third kappa shape index (κ3) is 3.76. The molecule has 1 heterocycles. The Hall–Kier alpha value is -1.10. The zero-order valence-electron chi connectivity index (χ0n) is 13.0. The second kappa shape index (κ2) is 7.25. The number of halogens is 1. The Kier molecular flexibility index (Phi) is 5.62. The second-order valence-electron chi connectivity index (χ2n) is 5.09. The number of rotatable bonds is 6. The quantitative estimate of drug-likeness (QED) is 0.860. The van der Waals surface area contributed by atoms with E-state index in [9.17, 15) is 0 Å². The van der Waals surface area contributed by atoms with Crippen LogP contribution in [-0.2, 0) is 13.0 Å². The van der Waals surface area contributed by atoms with E-state index in [0.29, 0.717) is 0 Å². The molecule has 114 valence electrons. The average Bonchev–Trinajstić information content (AvgIpc) is 2.89. The lowest BCUT2D eigenvalue weighted by Gasteiger charge is -2.24. The van der Waals surface area contributed by atoms with Crippen LogP contribution >= 0.6 is 22.9 Å². The van der Waals surface area contributed by atoms with Crippen LogP contribution < -0.4 is 10.2 Å². The van der Waals surface area contributed by atoms with E-state index in [2.05, 4.69) is 37.2 Å². The SMILES string of the molecule is CCc1nc(N(C)C(C)c2cccc(Cl)c2)sc1CNC. The highest BCUT2D eigenvalue weighted by Gasteiger charge is 2.18. The number of benzene rings is 1. The van der Waals surface area contributed by atoms with Crippen molar-refractivity contribution in [1.82, 2.24) is 10.3 Å². The van der Waals surface area contributed by atoms with Crippen molar-refractivity contribution >= 4 is 28.1 Å². The molecule has 0 amide bonds. The first-order chi connectivity index (χ1) is 10.1. The summed E-state index contributed by atoms with van der Waals surface area (Å²) in [5.41, 5.74) is 2.39. The van der Waals surface area contributed by atoms with Crippen LogP contribution in [0.5, 0.6) is 0 Å². The molecule has 0 aliphatic rings. The van der Waals surface area contributed by atoms with Crippen molar-refractivity contribution < 1.29 is 0 Å². The standard InChI is InChI=1S/C16H22ClN3S/c1-5-14-15(10-18-3)21-16(19-14)20(4)11(2)12-7-6-8-13(17)9-12/h6-9,11,18H,5,10H2,1-4H3. The molecule has 0 aliphatic heterocycles. The maximum atomic E-state index is 6.09. The number of nitrogens with one attached hydrogen (secondary N) is 1. The summed E-state index contributed by atoms with van der Waals surface area (Å²) in [7, 11) is 4.06. The Morgan fingerprint density at radius 2 is 2.19 bits per heavy atom. The predicted octanol–water partition coefficient (Wildman–Crippen LogP) is 4.28. The highest BCUT2D eigenvalue weighted by Crippen LogP contribution is 2.32. The Morgan fingerprint density at radius 3 is 2.81 bits per heavy atom. The van der Waals surface area contributed by atoms with Crippen LogP contribution in [0.15, 0.2) is 24.3 Å². The lowest BCUT2D eigenvalue weighted by Crippen LogP contribution is -2.21. The van der Waals surface area contributed by atoms with E-state index in [4.69, 9.17) is 16.6 Å². The molecule has 21 heavy (non-hydrogen) atoms. The first-order valence-corrected chi connectivity index (χ1v) is 8.37. The monoisotopic (exact) mass is 323 g/mol. The molecule has 2 rings (SSSR count). The van der Waals surface area contributed by atoms with Gasteiger partial charge < -0.3 is 10.2 Å². The summed E-state index contributed by atoms with van der Waals surface area (Å²) < 4.78 is 0. The lowest BCUT2D eigenvalue weighted by molar-refractivity contribution is 0.734. The van der Waals surface area contributed by atoms with Gasteiger partial charge in [-0.3, -0.25) is 0 Å². The normalized spacial score (nSPS) is 12.4. The zero-order valence-corrected chi connectivity index (χ0v) is 14.6. The second-order valence-corrected chi connectivity index (χ2v) is 6.59. The van der Waals surface area contributed by atoms with Crippen LogP contribution in [0.3, 0.4) is 0 Å². The van der Waals surface area contributed by atoms with Gasteiger partial charge in [-0.15, -0.1) is 11.3 Å². The van der Waals surface area contributed by atoms with Crippen LogP contribution in [-0.4, -0.2) is 19.1 Å². The molecule has 1 N–H and O–H groups in total. The Morgan fingerprint density at radius 1 is 1.43 bits per heavy atom. The van der Waals surface area contributed by atoms with Crippen molar-refractivity contribution in [2.45, 2.75) is 32.9 Å². The third-order valence-corrected chi connectivity index (χ3v) is 5.08. The largest absolute Gasteiger partial charge is 0.344 e. The van der Waals surface area contributed by atoms with Gasteiger partial charge in [-0.1, -0.05) is 30.7 Å². The number of hydrogen-bond donors (Lipinski definition) is 1. The highest BCUT2D eigenvalue weighted by atomic mass is 35.5. The Labute approximate surface area is 136 Å². The summed E-state index contributed by atoms with van der Waals surface area (Å²) >= 11 is 7.86. The molecule has 1 atom stereocenters. The van der Waals surface area contributed by atoms with Gasteiger partial charge in [-0.05, 0) is 38.1 Å². The minimum Gasteiger partial charge on any atom is -0.344 e. The van der Waals surface area contributed by atoms with E-state index in [0.717, 1.165) is 23.1 Å². The molecule has 0 radical (unpaired) electrons. The molecule has 0 bridgehead atoms. The fraction of sp³-hybridized carbons (Fsp3) is 0.438. The van der Waals surface area contributed by atoms with E-state index in [1.165, 1.54) is 16.1 Å². The van der Waals surface area contributed by atoms with Crippen molar-refractivity contribution in [3.05, 3.63) is 45.4 Å². The average molecular weight is 324 g/mol. The van der Waals surface area contributed by atoms with Gasteiger partial charge in [-0.25, -0.2) is 4.98 Å². The highest BCUT2D eigenvalue weighted by molar-refractivity contribution is 7.15. The van der Waals surface area contributed by atoms with E-state index >= 15 is 0 Å². The van der Waals surface area contributed by atoms with Gasteiger partial charge in [0.05, 0.1) is 11.7 Å². The number of nitrogens with zero attached hydrogens (tertiary/aromatic N) is 2. The van der Waals surface area contributed by atoms with Crippen molar-refractivity contribution in [2.75, 3.05) is 19.0 Å². The molecule has 5 heteroatoms.